The van der Waals surface area contributed by atoms with Crippen molar-refractivity contribution >= 4 is 21.7 Å². The van der Waals surface area contributed by atoms with Gasteiger partial charge in [-0.2, -0.15) is 5.10 Å². The van der Waals surface area contributed by atoms with Crippen molar-refractivity contribution < 1.29 is 0 Å². The van der Waals surface area contributed by atoms with Crippen LogP contribution in [-0.2, 0) is 7.05 Å². The van der Waals surface area contributed by atoms with Crippen LogP contribution in [0.4, 0.5) is 5.82 Å². The Balaban J connectivity index is 2.54. The van der Waals surface area contributed by atoms with E-state index < -0.39 is 0 Å². The second kappa shape index (κ2) is 3.70. The number of benzene rings is 1. The monoisotopic (exact) mass is 265 g/mol. The number of nitrogens with two attached hydrogens (primary N) is 1. The zero-order valence-electron chi connectivity index (χ0n) is 8.66. The van der Waals surface area contributed by atoms with Gasteiger partial charge in [-0.3, -0.25) is 4.68 Å². The molecule has 3 nitrogen and oxygen atoms in total. The maximum atomic E-state index is 5.82. The van der Waals surface area contributed by atoms with Gasteiger partial charge < -0.3 is 5.73 Å². The summed E-state index contributed by atoms with van der Waals surface area (Å²) in [6.45, 7) is 2.06. The molecule has 0 saturated carbocycles. The first-order valence-corrected chi connectivity index (χ1v) is 5.44. The Morgan fingerprint density at radius 2 is 1.87 bits per heavy atom. The van der Waals surface area contributed by atoms with Gasteiger partial charge in [-0.1, -0.05) is 29.8 Å². The lowest BCUT2D eigenvalue weighted by atomic mass is 10.1. The van der Waals surface area contributed by atoms with E-state index in [2.05, 4.69) is 40.1 Å². The highest BCUT2D eigenvalue weighted by Gasteiger charge is 2.12. The summed E-state index contributed by atoms with van der Waals surface area (Å²) in [6.07, 6.45) is 0. The molecule has 2 rings (SSSR count). The molecular formula is C11H12BrN3. The molecule has 2 N–H and O–H groups in total. The van der Waals surface area contributed by atoms with E-state index in [9.17, 15) is 0 Å². The van der Waals surface area contributed by atoms with Crippen LogP contribution in [0.15, 0.2) is 28.7 Å². The fraction of sp³-hybridized carbons (Fsp3) is 0.182. The number of nitrogen functional groups attached to an aromatic ring is 1. The van der Waals surface area contributed by atoms with E-state index in [1.54, 1.807) is 4.68 Å². The summed E-state index contributed by atoms with van der Waals surface area (Å²) in [5.41, 5.74) is 9.01. The Morgan fingerprint density at radius 1 is 1.27 bits per heavy atom. The molecule has 0 bridgehead atoms. The van der Waals surface area contributed by atoms with Crippen molar-refractivity contribution in [3.05, 3.63) is 34.3 Å². The molecule has 0 aliphatic carbocycles. The van der Waals surface area contributed by atoms with Gasteiger partial charge in [0.1, 0.15) is 11.5 Å². The number of rotatable bonds is 1. The fourth-order valence-corrected chi connectivity index (χ4v) is 1.97. The van der Waals surface area contributed by atoms with Gasteiger partial charge >= 0.3 is 0 Å². The molecule has 0 amide bonds. The number of hydrogen-bond donors (Lipinski definition) is 1. The zero-order chi connectivity index (χ0) is 11.0. The molecule has 0 aliphatic rings. The Kier molecular flexibility index (Phi) is 2.52. The van der Waals surface area contributed by atoms with Gasteiger partial charge in [0, 0.05) is 12.6 Å². The lowest BCUT2D eigenvalue weighted by Crippen LogP contribution is -1.97. The van der Waals surface area contributed by atoms with Gasteiger partial charge in [0.25, 0.3) is 0 Å². The molecule has 0 spiro atoms. The largest absolute Gasteiger partial charge is 0.383 e. The van der Waals surface area contributed by atoms with E-state index in [1.165, 1.54) is 5.56 Å². The van der Waals surface area contributed by atoms with Crippen LogP contribution >= 0.6 is 15.9 Å². The average molecular weight is 266 g/mol. The van der Waals surface area contributed by atoms with Crippen LogP contribution in [-0.4, -0.2) is 9.78 Å². The number of nitrogens with zero attached hydrogens (tertiary/aromatic N) is 2. The van der Waals surface area contributed by atoms with Gasteiger partial charge in [0.2, 0.25) is 0 Å². The minimum Gasteiger partial charge on any atom is -0.383 e. The molecule has 0 radical (unpaired) electrons. The molecule has 0 saturated heterocycles. The van der Waals surface area contributed by atoms with Crippen molar-refractivity contribution in [3.8, 4) is 11.3 Å². The molecular weight excluding hydrogens is 254 g/mol. The molecule has 0 atom stereocenters. The van der Waals surface area contributed by atoms with Crippen LogP contribution in [0.25, 0.3) is 11.3 Å². The van der Waals surface area contributed by atoms with Crippen LogP contribution < -0.4 is 5.73 Å². The highest BCUT2D eigenvalue weighted by Crippen LogP contribution is 2.31. The lowest BCUT2D eigenvalue weighted by molar-refractivity contribution is 0.782. The predicted octanol–water partition coefficient (Wildman–Crippen LogP) is 2.74. The lowest BCUT2D eigenvalue weighted by Gasteiger charge is -1.98. The van der Waals surface area contributed by atoms with E-state index in [0.717, 1.165) is 15.7 Å². The molecule has 15 heavy (non-hydrogen) atoms. The van der Waals surface area contributed by atoms with Crippen molar-refractivity contribution in [2.75, 3.05) is 5.73 Å². The van der Waals surface area contributed by atoms with Gasteiger partial charge in [-0.25, -0.2) is 0 Å². The SMILES string of the molecule is Cc1ccc(-c2nn(C)c(N)c2Br)cc1. The summed E-state index contributed by atoms with van der Waals surface area (Å²) >= 11 is 3.45. The van der Waals surface area contributed by atoms with Crippen molar-refractivity contribution in [1.82, 2.24) is 9.78 Å². The first-order chi connectivity index (χ1) is 7.09. The number of anilines is 1. The highest BCUT2D eigenvalue weighted by atomic mass is 79.9. The molecule has 0 unspecified atom stereocenters. The van der Waals surface area contributed by atoms with Crippen molar-refractivity contribution in [3.63, 3.8) is 0 Å². The normalized spacial score (nSPS) is 10.6. The maximum absolute atomic E-state index is 5.82. The Morgan fingerprint density at radius 3 is 2.33 bits per heavy atom. The van der Waals surface area contributed by atoms with E-state index >= 15 is 0 Å². The zero-order valence-corrected chi connectivity index (χ0v) is 10.2. The third-order valence-electron chi connectivity index (χ3n) is 2.36. The molecule has 0 fully saturated rings. The summed E-state index contributed by atoms with van der Waals surface area (Å²) in [7, 11) is 1.83. The fourth-order valence-electron chi connectivity index (χ4n) is 1.41. The first-order valence-electron chi connectivity index (χ1n) is 4.64. The number of aromatic nitrogens is 2. The van der Waals surface area contributed by atoms with Crippen molar-refractivity contribution in [2.24, 2.45) is 7.05 Å². The van der Waals surface area contributed by atoms with Crippen LogP contribution in [0.2, 0.25) is 0 Å². The minimum atomic E-state index is 0.644. The van der Waals surface area contributed by atoms with Crippen molar-refractivity contribution in [2.45, 2.75) is 6.92 Å². The molecule has 1 aromatic carbocycles. The molecule has 1 heterocycles. The minimum absolute atomic E-state index is 0.644. The summed E-state index contributed by atoms with van der Waals surface area (Å²) in [5.74, 6) is 0.644. The van der Waals surface area contributed by atoms with E-state index in [4.69, 9.17) is 5.73 Å². The van der Waals surface area contributed by atoms with Gasteiger partial charge in [0.15, 0.2) is 0 Å². The average Bonchev–Trinajstić information content (AvgIpc) is 2.47. The van der Waals surface area contributed by atoms with Gasteiger partial charge in [0.05, 0.1) is 4.47 Å². The second-order valence-corrected chi connectivity index (χ2v) is 4.33. The topological polar surface area (TPSA) is 43.8 Å². The molecule has 2 aromatic rings. The maximum Gasteiger partial charge on any atom is 0.136 e. The Labute approximate surface area is 97.0 Å². The van der Waals surface area contributed by atoms with Crippen LogP contribution in [0, 0.1) is 6.92 Å². The Hall–Kier alpha value is -1.29. The van der Waals surface area contributed by atoms with Gasteiger partial charge in [-0.05, 0) is 22.9 Å². The van der Waals surface area contributed by atoms with Crippen LogP contribution in [0.3, 0.4) is 0 Å². The molecule has 1 aromatic heterocycles. The number of halogens is 1. The predicted molar refractivity (Wildman–Crippen MR) is 65.5 cm³/mol. The number of hydrogen-bond acceptors (Lipinski definition) is 2. The summed E-state index contributed by atoms with van der Waals surface area (Å²) < 4.78 is 2.52. The summed E-state index contributed by atoms with van der Waals surface area (Å²) in [5, 5.41) is 4.35. The first kappa shape index (κ1) is 10.2. The van der Waals surface area contributed by atoms with Crippen LogP contribution in [0.1, 0.15) is 5.56 Å². The third-order valence-corrected chi connectivity index (χ3v) is 3.14. The summed E-state index contributed by atoms with van der Waals surface area (Å²) in [6, 6.07) is 8.21. The van der Waals surface area contributed by atoms with Crippen molar-refractivity contribution in [1.29, 1.82) is 0 Å². The highest BCUT2D eigenvalue weighted by molar-refractivity contribution is 9.10. The molecule has 0 aliphatic heterocycles. The molecule has 78 valence electrons. The quantitative estimate of drug-likeness (QED) is 0.862. The standard InChI is InChI=1S/C11H12BrN3/c1-7-3-5-8(6-4-7)10-9(12)11(13)15(2)14-10/h3-6H,13H2,1-2H3. The molecule has 4 heteroatoms. The van der Waals surface area contributed by atoms with Gasteiger partial charge in [-0.15, -0.1) is 0 Å². The second-order valence-electron chi connectivity index (χ2n) is 3.54. The van der Waals surface area contributed by atoms with E-state index in [1.807, 2.05) is 19.2 Å². The third kappa shape index (κ3) is 1.77. The van der Waals surface area contributed by atoms with E-state index in [0.29, 0.717) is 5.82 Å². The summed E-state index contributed by atoms with van der Waals surface area (Å²) in [4.78, 5) is 0. The smallest absolute Gasteiger partial charge is 0.136 e. The van der Waals surface area contributed by atoms with E-state index in [-0.39, 0.29) is 0 Å². The number of aryl methyl sites for hydroxylation is 2. The van der Waals surface area contributed by atoms with Crippen LogP contribution in [0.5, 0.6) is 0 Å². The Bertz CT molecular complexity index is 485.